The van der Waals surface area contributed by atoms with E-state index in [9.17, 15) is 4.79 Å². The van der Waals surface area contributed by atoms with Crippen molar-refractivity contribution in [2.45, 2.75) is 37.0 Å². The van der Waals surface area contributed by atoms with Crippen molar-refractivity contribution in [3.63, 3.8) is 0 Å². The Bertz CT molecular complexity index is 187. The summed E-state index contributed by atoms with van der Waals surface area (Å²) in [4.78, 5) is 10.9. The van der Waals surface area contributed by atoms with Crippen LogP contribution in [-0.4, -0.2) is 37.2 Å². The van der Waals surface area contributed by atoms with E-state index in [1.54, 1.807) is 0 Å². The molecule has 0 aromatic rings. The van der Waals surface area contributed by atoms with Gasteiger partial charge in [0.25, 0.3) is 0 Å². The van der Waals surface area contributed by atoms with Crippen LogP contribution in [0.15, 0.2) is 0 Å². The van der Waals surface area contributed by atoms with Gasteiger partial charge in [-0.1, -0.05) is 6.42 Å². The Labute approximate surface area is 90.0 Å². The van der Waals surface area contributed by atoms with E-state index in [2.05, 4.69) is 16.3 Å². The molecule has 3 nitrogen and oxygen atoms in total. The molecule has 1 saturated carbocycles. The molecule has 0 amide bonds. The van der Waals surface area contributed by atoms with Crippen molar-refractivity contribution in [3.8, 4) is 0 Å². The number of carbonyl (C=O) groups is 1. The Hall–Kier alpha value is -0.220. The van der Waals surface area contributed by atoms with Crippen LogP contribution in [0.1, 0.15) is 25.7 Å². The lowest BCUT2D eigenvalue weighted by Crippen LogP contribution is -2.38. The summed E-state index contributed by atoms with van der Waals surface area (Å²) >= 11 is 1.93. The van der Waals surface area contributed by atoms with E-state index in [-0.39, 0.29) is 5.97 Å². The highest BCUT2D eigenvalue weighted by atomic mass is 32.2. The Morgan fingerprint density at radius 1 is 1.57 bits per heavy atom. The number of nitrogens with one attached hydrogen (secondary N) is 1. The van der Waals surface area contributed by atoms with Gasteiger partial charge in [0, 0.05) is 11.3 Å². The molecule has 0 radical (unpaired) electrons. The summed E-state index contributed by atoms with van der Waals surface area (Å²) in [6, 6.07) is 0.500. The molecule has 0 aliphatic heterocycles. The van der Waals surface area contributed by atoms with Gasteiger partial charge in [-0.05, 0) is 25.5 Å². The molecule has 4 heteroatoms. The topological polar surface area (TPSA) is 38.3 Å². The van der Waals surface area contributed by atoms with Crippen molar-refractivity contribution in [2.75, 3.05) is 19.9 Å². The lowest BCUT2D eigenvalue weighted by atomic mass is 9.95. The molecule has 14 heavy (non-hydrogen) atoms. The highest BCUT2D eigenvalue weighted by Gasteiger charge is 2.21. The van der Waals surface area contributed by atoms with Crippen LogP contribution in [-0.2, 0) is 9.53 Å². The minimum Gasteiger partial charge on any atom is -0.468 e. The van der Waals surface area contributed by atoms with E-state index >= 15 is 0 Å². The molecule has 1 N–H and O–H groups in total. The van der Waals surface area contributed by atoms with Crippen LogP contribution in [0.5, 0.6) is 0 Å². The van der Waals surface area contributed by atoms with Crippen LogP contribution in [0.2, 0.25) is 0 Å². The van der Waals surface area contributed by atoms with E-state index in [1.165, 1.54) is 32.8 Å². The van der Waals surface area contributed by atoms with Gasteiger partial charge in [0.05, 0.1) is 13.7 Å². The molecule has 82 valence electrons. The first-order valence-electron chi connectivity index (χ1n) is 5.09. The third-order valence-electron chi connectivity index (χ3n) is 2.72. The fraction of sp³-hybridized carbons (Fsp3) is 0.900. The van der Waals surface area contributed by atoms with Gasteiger partial charge < -0.3 is 10.1 Å². The van der Waals surface area contributed by atoms with Gasteiger partial charge in [0.2, 0.25) is 0 Å². The highest BCUT2D eigenvalue weighted by molar-refractivity contribution is 7.99. The van der Waals surface area contributed by atoms with Gasteiger partial charge in [0.15, 0.2) is 0 Å². The van der Waals surface area contributed by atoms with Gasteiger partial charge >= 0.3 is 5.97 Å². The second-order valence-corrected chi connectivity index (χ2v) is 4.82. The molecule has 0 saturated heterocycles. The minimum atomic E-state index is -0.170. The molecule has 1 fully saturated rings. The predicted octanol–water partition coefficient (Wildman–Crippen LogP) is 1.42. The highest BCUT2D eigenvalue weighted by Crippen LogP contribution is 2.26. The van der Waals surface area contributed by atoms with Crippen molar-refractivity contribution in [3.05, 3.63) is 0 Å². The average Bonchev–Trinajstić information content (AvgIpc) is 2.26. The summed E-state index contributed by atoms with van der Waals surface area (Å²) in [6.07, 6.45) is 7.11. The normalized spacial score (nSPS) is 27.3. The molecule has 0 spiro atoms. The van der Waals surface area contributed by atoms with Gasteiger partial charge in [-0.2, -0.15) is 11.8 Å². The second kappa shape index (κ2) is 6.30. The van der Waals surface area contributed by atoms with E-state index < -0.39 is 0 Å². The van der Waals surface area contributed by atoms with Crippen molar-refractivity contribution in [1.82, 2.24) is 5.32 Å². The summed E-state index contributed by atoms with van der Waals surface area (Å²) in [5.74, 6) is -0.170. The number of ether oxygens (including phenoxy) is 1. The maximum atomic E-state index is 10.9. The van der Waals surface area contributed by atoms with Crippen molar-refractivity contribution >= 4 is 17.7 Å². The number of methoxy groups -OCH3 is 1. The van der Waals surface area contributed by atoms with Crippen molar-refractivity contribution in [2.24, 2.45) is 0 Å². The number of esters is 1. The number of carbonyl (C=O) groups excluding carboxylic acids is 1. The number of thioether (sulfide) groups is 1. The molecule has 0 aromatic carbocycles. The molecule has 0 heterocycles. The van der Waals surface area contributed by atoms with Crippen LogP contribution in [0.4, 0.5) is 0 Å². The monoisotopic (exact) mass is 217 g/mol. The fourth-order valence-electron chi connectivity index (χ4n) is 1.84. The molecule has 0 bridgehead atoms. The first kappa shape index (κ1) is 11.9. The maximum Gasteiger partial charge on any atom is 0.319 e. The van der Waals surface area contributed by atoms with Crippen LogP contribution in [0.3, 0.4) is 0 Å². The summed E-state index contributed by atoms with van der Waals surface area (Å²) in [5.41, 5.74) is 0. The second-order valence-electron chi connectivity index (χ2n) is 3.68. The molecule has 2 unspecified atom stereocenters. The van der Waals surface area contributed by atoms with Gasteiger partial charge in [-0.3, -0.25) is 4.79 Å². The van der Waals surface area contributed by atoms with Crippen molar-refractivity contribution < 1.29 is 9.53 Å². The smallest absolute Gasteiger partial charge is 0.319 e. The SMILES string of the molecule is COC(=O)CNC1CCCC(SC)C1. The summed E-state index contributed by atoms with van der Waals surface area (Å²) in [5, 5.41) is 4.01. The van der Waals surface area contributed by atoms with E-state index in [0.717, 1.165) is 5.25 Å². The van der Waals surface area contributed by atoms with Crippen LogP contribution in [0, 0.1) is 0 Å². The average molecular weight is 217 g/mol. The van der Waals surface area contributed by atoms with Crippen molar-refractivity contribution in [1.29, 1.82) is 0 Å². The summed E-state index contributed by atoms with van der Waals surface area (Å²) in [6.45, 7) is 0.349. The zero-order chi connectivity index (χ0) is 10.4. The Morgan fingerprint density at radius 3 is 3.00 bits per heavy atom. The third-order valence-corrected chi connectivity index (χ3v) is 3.82. The molecule has 0 aromatic heterocycles. The molecular weight excluding hydrogens is 198 g/mol. The van der Waals surface area contributed by atoms with Gasteiger partial charge in [-0.25, -0.2) is 0 Å². The predicted molar refractivity (Wildman–Crippen MR) is 59.6 cm³/mol. The van der Waals surface area contributed by atoms with Crippen LogP contribution in [0.25, 0.3) is 0 Å². The summed E-state index contributed by atoms with van der Waals surface area (Å²) < 4.78 is 4.59. The minimum absolute atomic E-state index is 0.170. The molecule has 1 rings (SSSR count). The molecular formula is C10H19NO2S. The third kappa shape index (κ3) is 3.88. The quantitative estimate of drug-likeness (QED) is 0.723. The molecule has 1 aliphatic carbocycles. The largest absolute Gasteiger partial charge is 0.468 e. The first-order chi connectivity index (χ1) is 6.76. The fourth-order valence-corrected chi connectivity index (χ4v) is 2.67. The Balaban J connectivity index is 2.20. The zero-order valence-corrected chi connectivity index (χ0v) is 9.73. The molecule has 1 aliphatic rings. The summed E-state index contributed by atoms with van der Waals surface area (Å²) in [7, 11) is 1.43. The number of rotatable bonds is 4. The van der Waals surface area contributed by atoms with Gasteiger partial charge in [0.1, 0.15) is 0 Å². The standard InChI is InChI=1S/C10H19NO2S/c1-13-10(12)7-11-8-4-3-5-9(6-8)14-2/h8-9,11H,3-7H2,1-2H3. The van der Waals surface area contributed by atoms with Crippen LogP contribution >= 0.6 is 11.8 Å². The maximum absolute atomic E-state index is 10.9. The Morgan fingerprint density at radius 2 is 2.36 bits per heavy atom. The number of hydrogen-bond donors (Lipinski definition) is 1. The van der Waals surface area contributed by atoms with Gasteiger partial charge in [-0.15, -0.1) is 0 Å². The molecule has 2 atom stereocenters. The van der Waals surface area contributed by atoms with E-state index in [4.69, 9.17) is 0 Å². The number of hydrogen-bond acceptors (Lipinski definition) is 4. The Kier molecular flexibility index (Phi) is 5.33. The lowest BCUT2D eigenvalue weighted by Gasteiger charge is -2.28. The first-order valence-corrected chi connectivity index (χ1v) is 6.38. The van der Waals surface area contributed by atoms with E-state index in [0.29, 0.717) is 12.6 Å². The zero-order valence-electron chi connectivity index (χ0n) is 8.91. The van der Waals surface area contributed by atoms with E-state index in [1.807, 2.05) is 11.8 Å². The lowest BCUT2D eigenvalue weighted by molar-refractivity contribution is -0.139. The van der Waals surface area contributed by atoms with Crippen LogP contribution < -0.4 is 5.32 Å².